The average molecular weight is 1840 g/mol. The van der Waals surface area contributed by atoms with Gasteiger partial charge in [-0.3, -0.25) is 43.4 Å². The molecule has 28 heteroatoms. The van der Waals surface area contributed by atoms with Crippen LogP contribution in [0.3, 0.4) is 0 Å². The van der Waals surface area contributed by atoms with Crippen LogP contribution < -0.4 is 0 Å². The number of likely N-dealkylation sites (tertiary alicyclic amines) is 11. The van der Waals surface area contributed by atoms with E-state index in [4.69, 9.17) is 18.9 Å². The van der Waals surface area contributed by atoms with Crippen LogP contribution in [0.2, 0.25) is 0 Å². The number of alkyl halides is 3. The molecule has 0 saturated carbocycles. The van der Waals surface area contributed by atoms with Crippen LogP contribution in [-0.2, 0) is 59.1 Å². The van der Waals surface area contributed by atoms with Gasteiger partial charge in [0, 0.05) is 226 Å². The zero-order chi connectivity index (χ0) is 96.4. The van der Waals surface area contributed by atoms with Crippen molar-refractivity contribution in [3.8, 4) is 0 Å². The van der Waals surface area contributed by atoms with Gasteiger partial charge >= 0.3 is 18.4 Å². The van der Waals surface area contributed by atoms with Crippen molar-refractivity contribution in [2.45, 2.75) is 300 Å². The average Bonchev–Trinajstić information content (AvgIpc) is 1.31. The Morgan fingerprint density at radius 1 is 0.326 bits per heavy atom. The summed E-state index contributed by atoms with van der Waals surface area (Å²) in [5.41, 5.74) is 0.323. The highest BCUT2D eigenvalue weighted by Crippen LogP contribution is 2.50. The quantitative estimate of drug-likeness (QED) is 0.274. The lowest BCUT2D eigenvalue weighted by Crippen LogP contribution is -2.65. The molecular formula is C101H170F3N11O13S. The van der Waals surface area contributed by atoms with Crippen LogP contribution in [0.15, 0.2) is 30.3 Å². The highest BCUT2D eigenvalue weighted by Gasteiger charge is 2.57. The molecular weight excluding hydrogens is 1660 g/mol. The van der Waals surface area contributed by atoms with E-state index in [9.17, 15) is 56.3 Å². The summed E-state index contributed by atoms with van der Waals surface area (Å²) in [6.45, 7) is 73.6. The van der Waals surface area contributed by atoms with E-state index in [-0.39, 0.29) is 95.5 Å². The SMILES string of the molecule is CC(C)(C)C(=O)N1CC2(CCN(CC(F)(F)F)CC2)C1.CC(C)(C)C(=O)N1CC2(CSC2)C1.CC(C)(C)C(=O)N1CCC2(CCCN2Cc2ccccc2)C1.CC(C)(C)C(=O)N1CCC2(CCOC2)C1.CC(C)(C)C(=O)N1CCC2(CCOCC2)C1.CC(C)(C)OC(=O)N1CCC2(C1)CN(C(=O)C(C)(C)C)C2.CC(C)(C)OC(=O)N1CCC2(CC1)CN(C(=O)C(C)(C)C)C2. The van der Waals surface area contributed by atoms with Gasteiger partial charge in [0.1, 0.15) is 11.2 Å². The number of piperidine rings is 2. The first-order valence-corrected chi connectivity index (χ1v) is 49.5. The molecule has 0 N–H and O–H groups in total. The van der Waals surface area contributed by atoms with E-state index in [1.54, 1.807) is 9.80 Å². The molecule has 14 heterocycles. The molecule has 1 aromatic carbocycles. The van der Waals surface area contributed by atoms with E-state index in [0.717, 1.165) is 208 Å². The summed E-state index contributed by atoms with van der Waals surface area (Å²) >= 11 is 2.00. The van der Waals surface area contributed by atoms with E-state index < -0.39 is 23.9 Å². The molecule has 15 rings (SSSR count). The first-order chi connectivity index (χ1) is 59.0. The summed E-state index contributed by atoms with van der Waals surface area (Å²) in [7, 11) is 0. The van der Waals surface area contributed by atoms with Crippen LogP contribution in [0.1, 0.15) is 276 Å². The van der Waals surface area contributed by atoms with Crippen molar-refractivity contribution in [3.05, 3.63) is 35.9 Å². The number of halogens is 3. The Morgan fingerprint density at radius 2 is 0.636 bits per heavy atom. The van der Waals surface area contributed by atoms with Gasteiger partial charge < -0.3 is 63.0 Å². The summed E-state index contributed by atoms with van der Waals surface area (Å²) in [5.74, 6) is 4.30. The maximum atomic E-state index is 12.6. The normalized spacial score (nSPS) is 24.6. The smallest absolute Gasteiger partial charge is 0.410 e. The Hall–Kier alpha value is -5.97. The summed E-state index contributed by atoms with van der Waals surface area (Å²) in [6.07, 6.45) is 9.10. The van der Waals surface area contributed by atoms with Gasteiger partial charge in [0.05, 0.1) is 13.2 Å². The Balaban J connectivity index is 0.000000171. The molecule has 2 unspecified atom stereocenters. The van der Waals surface area contributed by atoms with E-state index in [1.807, 2.05) is 223 Å². The van der Waals surface area contributed by atoms with E-state index in [2.05, 4.69) is 45.0 Å². The molecule has 0 radical (unpaired) electrons. The van der Waals surface area contributed by atoms with Crippen LogP contribution in [0.5, 0.6) is 0 Å². The lowest BCUT2D eigenvalue weighted by molar-refractivity contribution is -0.164. The lowest BCUT2D eigenvalue weighted by Gasteiger charge is -2.56. The zero-order valence-corrected chi connectivity index (χ0v) is 85.7. The fourth-order valence-electron chi connectivity index (χ4n) is 20.7. The molecule has 129 heavy (non-hydrogen) atoms. The van der Waals surface area contributed by atoms with E-state index in [0.29, 0.717) is 66.7 Å². The molecule has 7 spiro atoms. The fraction of sp³-hybridized carbons (Fsp3) is 0.851. The fourth-order valence-corrected chi connectivity index (χ4v) is 21.8. The lowest BCUT2D eigenvalue weighted by atomic mass is 9.71. The third-order valence-corrected chi connectivity index (χ3v) is 30.0. The van der Waals surface area contributed by atoms with Gasteiger partial charge in [-0.05, 0) is 156 Å². The van der Waals surface area contributed by atoms with Crippen molar-refractivity contribution in [1.29, 1.82) is 0 Å². The van der Waals surface area contributed by atoms with Crippen molar-refractivity contribution in [1.82, 2.24) is 53.9 Å². The van der Waals surface area contributed by atoms with Crippen molar-refractivity contribution < 1.29 is 75.3 Å². The molecule has 0 bridgehead atoms. The van der Waals surface area contributed by atoms with Gasteiger partial charge in [-0.15, -0.1) is 0 Å². The first-order valence-electron chi connectivity index (χ1n) is 48.4. The molecule has 14 aliphatic rings. The van der Waals surface area contributed by atoms with Crippen LogP contribution in [0.25, 0.3) is 0 Å². The summed E-state index contributed by atoms with van der Waals surface area (Å²) < 4.78 is 58.7. The Labute approximate surface area is 778 Å². The third kappa shape index (κ3) is 28.8. The van der Waals surface area contributed by atoms with Crippen molar-refractivity contribution in [3.63, 3.8) is 0 Å². The van der Waals surface area contributed by atoms with Gasteiger partial charge in [-0.2, -0.15) is 24.9 Å². The highest BCUT2D eigenvalue weighted by molar-refractivity contribution is 8.00. The van der Waals surface area contributed by atoms with Gasteiger partial charge in [0.15, 0.2) is 0 Å². The zero-order valence-electron chi connectivity index (χ0n) is 84.9. The number of hydrogen-bond donors (Lipinski definition) is 0. The van der Waals surface area contributed by atoms with E-state index >= 15 is 0 Å². The Bertz CT molecular complexity index is 3980. The van der Waals surface area contributed by atoms with Crippen molar-refractivity contribution >= 4 is 65.3 Å². The molecule has 734 valence electrons. The van der Waals surface area contributed by atoms with Crippen LogP contribution >= 0.6 is 11.8 Å². The topological polar surface area (TPSA) is 226 Å². The largest absolute Gasteiger partial charge is 0.444 e. The van der Waals surface area contributed by atoms with E-state index in [1.165, 1.54) is 34.8 Å². The molecule has 9 amide bonds. The molecule has 1 aromatic rings. The third-order valence-electron chi connectivity index (χ3n) is 28.3. The number of thioether (sulfide) groups is 1. The second-order valence-electron chi connectivity index (χ2n) is 50.5. The Kier molecular flexibility index (Phi) is 33.2. The van der Waals surface area contributed by atoms with Gasteiger partial charge in [-0.25, -0.2) is 9.59 Å². The molecule has 14 fully saturated rings. The number of carbonyl (C=O) groups excluding carboxylic acids is 9. The maximum absolute atomic E-state index is 12.6. The van der Waals surface area contributed by atoms with Gasteiger partial charge in [0.25, 0.3) is 0 Å². The molecule has 0 aromatic heterocycles. The number of carbonyl (C=O) groups is 9. The molecule has 14 saturated heterocycles. The minimum atomic E-state index is -4.11. The maximum Gasteiger partial charge on any atom is 0.410 e. The highest BCUT2D eigenvalue weighted by atomic mass is 32.2. The van der Waals surface area contributed by atoms with Gasteiger partial charge in [-0.1, -0.05) is 176 Å². The second-order valence-corrected chi connectivity index (χ2v) is 51.5. The number of hydrogen-bond acceptors (Lipinski definition) is 16. The summed E-state index contributed by atoms with van der Waals surface area (Å²) in [6, 6.07) is 10.7. The molecule has 24 nitrogen and oxygen atoms in total. The minimum Gasteiger partial charge on any atom is -0.444 e. The summed E-state index contributed by atoms with van der Waals surface area (Å²) in [5, 5.41) is 0. The van der Waals surface area contributed by atoms with Crippen LogP contribution in [-0.4, -0.2) is 312 Å². The monoisotopic (exact) mass is 1830 g/mol. The van der Waals surface area contributed by atoms with Crippen molar-refractivity contribution in [2.75, 3.05) is 182 Å². The number of ether oxygens (including phenoxy) is 4. The van der Waals surface area contributed by atoms with Crippen molar-refractivity contribution in [2.24, 2.45) is 70.4 Å². The Morgan fingerprint density at radius 3 is 1.02 bits per heavy atom. The van der Waals surface area contributed by atoms with Crippen LogP contribution in [0, 0.1) is 70.4 Å². The van der Waals surface area contributed by atoms with Crippen LogP contribution in [0.4, 0.5) is 22.8 Å². The molecule has 14 aliphatic heterocycles. The first kappa shape index (κ1) is 107. The number of benzene rings is 1. The molecule has 2 atom stereocenters. The predicted octanol–water partition coefficient (Wildman–Crippen LogP) is 16.6. The number of rotatable bonds is 3. The predicted molar refractivity (Wildman–Crippen MR) is 504 cm³/mol. The van der Waals surface area contributed by atoms with Gasteiger partial charge in [0.2, 0.25) is 41.4 Å². The number of amides is 9. The minimum absolute atomic E-state index is 0.0724. The summed E-state index contributed by atoms with van der Waals surface area (Å²) in [4.78, 5) is 131. The number of nitrogens with zero attached hydrogens (tertiary/aromatic N) is 11. The molecule has 0 aliphatic carbocycles. The second kappa shape index (κ2) is 40.1. The standard InChI is InChI=1S/C19H28N2O.C17H30N2O3.C16H28N2O3.C14H23F3N2O.C13H23NO2.C12H21NO2.C10H17NOS/c1-18(2,3)17(22)20-13-11-19(15-20)10-7-12-21(19)14-16-8-5-4-6-9-16;1-15(2,3)13(20)19-11-17(12-19)7-9-18(10-8-17)14(21)22-16(4,5)6;1-14(2,3)12(19)18-10-16(11-18)7-8-17(9-16)13(20)21-15(4,5)6;1-12(2,3)11(20)19-8-13(9-19)4-6-18(7-5-13)10-14(15,16)17;1-12(2,3)11(15)14-7-4-13(10-14)5-8-16-9-6-13;1-11(2,3)10(14)13-6-4-12(8-13)5-7-15-9-12;1-9(2,3)8(12)11-4-10(5-11)6-13-7-10/h4-6,8-9H,7,10-15H2,1-3H3;7-12H2,1-6H3;7-11H2,1-6H3;4-10H2,1-3H3;4-10H2,1-3H3;4-9H2,1-3H3;4-7H2,1-3H3.